The number of nitrogens with zero attached hydrogens (tertiary/aromatic N) is 1. The molecule has 1 rings (SSSR count). The van der Waals surface area contributed by atoms with Crippen molar-refractivity contribution in [2.75, 3.05) is 13.7 Å². The minimum atomic E-state index is -3.62. The standard InChI is InChI=1S/C11H17N3O4S/c1-8(11(12)14-15)7-13-19(16,17)10-5-3-9(18-2)4-6-10/h3-6,8,13,15H,7H2,1-2H3,(H2,12,14). The van der Waals surface area contributed by atoms with Crippen LogP contribution in [0.25, 0.3) is 0 Å². The van der Waals surface area contributed by atoms with E-state index in [4.69, 9.17) is 15.7 Å². The van der Waals surface area contributed by atoms with Crippen molar-refractivity contribution < 1.29 is 18.4 Å². The van der Waals surface area contributed by atoms with Gasteiger partial charge in [-0.05, 0) is 24.3 Å². The first-order chi connectivity index (χ1) is 8.90. The topological polar surface area (TPSA) is 114 Å². The highest BCUT2D eigenvalue weighted by molar-refractivity contribution is 7.89. The molecule has 0 saturated heterocycles. The van der Waals surface area contributed by atoms with Gasteiger partial charge in [0.15, 0.2) is 0 Å². The van der Waals surface area contributed by atoms with Gasteiger partial charge in [-0.25, -0.2) is 13.1 Å². The third kappa shape index (κ3) is 4.11. The molecule has 106 valence electrons. The summed E-state index contributed by atoms with van der Waals surface area (Å²) >= 11 is 0. The maximum Gasteiger partial charge on any atom is 0.240 e. The fourth-order valence-corrected chi connectivity index (χ4v) is 2.41. The van der Waals surface area contributed by atoms with Gasteiger partial charge in [0.05, 0.1) is 12.0 Å². The average molecular weight is 287 g/mol. The van der Waals surface area contributed by atoms with Crippen molar-refractivity contribution in [2.24, 2.45) is 16.8 Å². The highest BCUT2D eigenvalue weighted by Gasteiger charge is 2.16. The van der Waals surface area contributed by atoms with Crippen LogP contribution < -0.4 is 15.2 Å². The Hall–Kier alpha value is -1.80. The zero-order valence-electron chi connectivity index (χ0n) is 10.7. The minimum absolute atomic E-state index is 0.0302. The molecule has 8 heteroatoms. The molecule has 0 saturated carbocycles. The van der Waals surface area contributed by atoms with Crippen LogP contribution in [0.4, 0.5) is 0 Å². The predicted octanol–water partition coefficient (Wildman–Crippen LogP) is 0.356. The summed E-state index contributed by atoms with van der Waals surface area (Å²) in [7, 11) is -2.12. The largest absolute Gasteiger partial charge is 0.497 e. The lowest BCUT2D eigenvalue weighted by atomic mass is 10.2. The quantitative estimate of drug-likeness (QED) is 0.302. The molecule has 0 amide bonds. The fourth-order valence-electron chi connectivity index (χ4n) is 1.28. The summed E-state index contributed by atoms with van der Waals surface area (Å²) in [6.45, 7) is 1.69. The van der Waals surface area contributed by atoms with Crippen molar-refractivity contribution in [3.8, 4) is 5.75 Å². The van der Waals surface area contributed by atoms with E-state index in [-0.39, 0.29) is 17.3 Å². The number of nitrogens with one attached hydrogen (secondary N) is 1. The second-order valence-corrected chi connectivity index (χ2v) is 5.72. The number of rotatable bonds is 6. The number of amidine groups is 1. The zero-order chi connectivity index (χ0) is 14.5. The molecule has 0 fully saturated rings. The van der Waals surface area contributed by atoms with E-state index in [1.165, 1.54) is 19.2 Å². The molecule has 1 unspecified atom stereocenters. The third-order valence-corrected chi connectivity index (χ3v) is 4.01. The Kier molecular flexibility index (Phi) is 5.13. The Morgan fingerprint density at radius 3 is 2.53 bits per heavy atom. The average Bonchev–Trinajstić information content (AvgIpc) is 2.44. The van der Waals surface area contributed by atoms with Crippen molar-refractivity contribution in [1.29, 1.82) is 0 Å². The molecule has 1 atom stereocenters. The lowest BCUT2D eigenvalue weighted by molar-refractivity contribution is 0.314. The number of sulfonamides is 1. The van der Waals surface area contributed by atoms with Gasteiger partial charge in [-0.15, -0.1) is 0 Å². The number of benzene rings is 1. The van der Waals surface area contributed by atoms with Crippen LogP contribution >= 0.6 is 0 Å². The van der Waals surface area contributed by atoms with Crippen LogP contribution in [0.15, 0.2) is 34.3 Å². The summed E-state index contributed by atoms with van der Waals surface area (Å²) in [4.78, 5) is 0.125. The lowest BCUT2D eigenvalue weighted by Crippen LogP contribution is -2.34. The fraction of sp³-hybridized carbons (Fsp3) is 0.364. The van der Waals surface area contributed by atoms with Crippen LogP contribution in [-0.4, -0.2) is 33.1 Å². The van der Waals surface area contributed by atoms with E-state index in [2.05, 4.69) is 9.88 Å². The maximum absolute atomic E-state index is 12.0. The van der Waals surface area contributed by atoms with E-state index in [1.54, 1.807) is 19.1 Å². The zero-order valence-corrected chi connectivity index (χ0v) is 11.5. The molecule has 0 spiro atoms. The van der Waals surface area contributed by atoms with E-state index in [1.807, 2.05) is 0 Å². The van der Waals surface area contributed by atoms with E-state index >= 15 is 0 Å². The highest BCUT2D eigenvalue weighted by atomic mass is 32.2. The molecule has 7 nitrogen and oxygen atoms in total. The van der Waals surface area contributed by atoms with Crippen molar-refractivity contribution in [3.63, 3.8) is 0 Å². The van der Waals surface area contributed by atoms with Crippen LogP contribution in [0.1, 0.15) is 6.92 Å². The molecule has 0 radical (unpaired) electrons. The van der Waals surface area contributed by atoms with Crippen LogP contribution in [0.5, 0.6) is 5.75 Å². The number of oxime groups is 1. The van der Waals surface area contributed by atoms with Gasteiger partial charge in [0.1, 0.15) is 11.6 Å². The normalized spacial score (nSPS) is 14.1. The summed E-state index contributed by atoms with van der Waals surface area (Å²) < 4.78 is 31.2. The third-order valence-electron chi connectivity index (χ3n) is 2.57. The molecule has 0 heterocycles. The first kappa shape index (κ1) is 15.3. The van der Waals surface area contributed by atoms with Gasteiger partial charge in [0.2, 0.25) is 10.0 Å². The highest BCUT2D eigenvalue weighted by Crippen LogP contribution is 2.15. The number of ether oxygens (including phenoxy) is 1. The van der Waals surface area contributed by atoms with Gasteiger partial charge in [-0.1, -0.05) is 12.1 Å². The molecule has 0 aromatic heterocycles. The van der Waals surface area contributed by atoms with Gasteiger partial charge in [-0.2, -0.15) is 0 Å². The van der Waals surface area contributed by atoms with Crippen LogP contribution in [0, 0.1) is 5.92 Å². The molecule has 0 aliphatic carbocycles. The van der Waals surface area contributed by atoms with E-state index < -0.39 is 15.9 Å². The van der Waals surface area contributed by atoms with E-state index in [9.17, 15) is 8.42 Å². The summed E-state index contributed by atoms with van der Waals surface area (Å²) in [6, 6.07) is 5.99. The molecule has 19 heavy (non-hydrogen) atoms. The molecule has 0 aliphatic heterocycles. The van der Waals surface area contributed by atoms with Crippen molar-refractivity contribution in [3.05, 3.63) is 24.3 Å². The molecule has 0 bridgehead atoms. The Morgan fingerprint density at radius 2 is 2.05 bits per heavy atom. The van der Waals surface area contributed by atoms with Crippen molar-refractivity contribution in [2.45, 2.75) is 11.8 Å². The SMILES string of the molecule is COc1ccc(S(=O)(=O)NCC(C)C(N)=NO)cc1. The summed E-state index contributed by atoms with van der Waals surface area (Å²) in [5, 5.41) is 11.3. The summed E-state index contributed by atoms with van der Waals surface area (Å²) in [5.74, 6) is 0.138. The summed E-state index contributed by atoms with van der Waals surface area (Å²) in [6.07, 6.45) is 0. The molecule has 1 aromatic carbocycles. The number of methoxy groups -OCH3 is 1. The number of hydrogen-bond acceptors (Lipinski definition) is 5. The monoisotopic (exact) mass is 287 g/mol. The Morgan fingerprint density at radius 1 is 1.47 bits per heavy atom. The smallest absolute Gasteiger partial charge is 0.240 e. The Labute approximate surface area is 112 Å². The lowest BCUT2D eigenvalue weighted by Gasteiger charge is -2.11. The van der Waals surface area contributed by atoms with Gasteiger partial charge in [0, 0.05) is 12.5 Å². The number of hydrogen-bond donors (Lipinski definition) is 3. The molecule has 1 aromatic rings. The Bertz CT molecular complexity index is 540. The second-order valence-electron chi connectivity index (χ2n) is 3.95. The maximum atomic E-state index is 12.0. The molecule has 0 aliphatic rings. The first-order valence-electron chi connectivity index (χ1n) is 5.52. The molecular weight excluding hydrogens is 270 g/mol. The molecular formula is C11H17N3O4S. The van der Waals surface area contributed by atoms with Gasteiger partial charge in [-0.3, -0.25) is 0 Å². The van der Waals surface area contributed by atoms with Crippen LogP contribution in [0.3, 0.4) is 0 Å². The minimum Gasteiger partial charge on any atom is -0.497 e. The molecule has 4 N–H and O–H groups in total. The first-order valence-corrected chi connectivity index (χ1v) is 7.00. The van der Waals surface area contributed by atoms with Gasteiger partial charge < -0.3 is 15.7 Å². The van der Waals surface area contributed by atoms with Crippen molar-refractivity contribution >= 4 is 15.9 Å². The summed E-state index contributed by atoms with van der Waals surface area (Å²) in [5.41, 5.74) is 5.37. The van der Waals surface area contributed by atoms with Gasteiger partial charge >= 0.3 is 0 Å². The van der Waals surface area contributed by atoms with Crippen LogP contribution in [-0.2, 0) is 10.0 Å². The number of nitrogens with two attached hydrogens (primary N) is 1. The van der Waals surface area contributed by atoms with E-state index in [0.29, 0.717) is 5.75 Å². The van der Waals surface area contributed by atoms with E-state index in [0.717, 1.165) is 0 Å². The van der Waals surface area contributed by atoms with Gasteiger partial charge in [0.25, 0.3) is 0 Å². The second kappa shape index (κ2) is 6.39. The van der Waals surface area contributed by atoms with Crippen LogP contribution in [0.2, 0.25) is 0 Å². The Balaban J connectivity index is 2.75. The van der Waals surface area contributed by atoms with Crippen molar-refractivity contribution in [1.82, 2.24) is 4.72 Å². The predicted molar refractivity (Wildman–Crippen MR) is 70.8 cm³/mol.